The Balaban J connectivity index is 1.93. The van der Waals surface area contributed by atoms with Crippen LogP contribution in [0.4, 0.5) is 5.82 Å². The molecule has 0 unspecified atom stereocenters. The van der Waals surface area contributed by atoms with Crippen LogP contribution in [0, 0.1) is 0 Å². The van der Waals surface area contributed by atoms with Crippen molar-refractivity contribution in [2.75, 3.05) is 18.0 Å². The summed E-state index contributed by atoms with van der Waals surface area (Å²) in [5.74, 6) is 1.10. The van der Waals surface area contributed by atoms with Gasteiger partial charge in [0, 0.05) is 19.3 Å². The van der Waals surface area contributed by atoms with E-state index in [4.69, 9.17) is 0 Å². The summed E-state index contributed by atoms with van der Waals surface area (Å²) in [6.45, 7) is 4.10. The van der Waals surface area contributed by atoms with Crippen LogP contribution in [0.3, 0.4) is 0 Å². The molecule has 0 saturated carbocycles. The minimum absolute atomic E-state index is 0.224. The van der Waals surface area contributed by atoms with Crippen molar-refractivity contribution in [1.82, 2.24) is 4.98 Å². The molecule has 2 heterocycles. The maximum Gasteiger partial charge on any atom is 0.128 e. The van der Waals surface area contributed by atoms with Crippen molar-refractivity contribution in [1.29, 1.82) is 0 Å². The number of pyridine rings is 1. The Hall–Kier alpha value is -1.09. The number of aliphatic hydroxyl groups excluding tert-OH is 1. The number of hydrogen-bond acceptors (Lipinski definition) is 3. The van der Waals surface area contributed by atoms with Crippen molar-refractivity contribution >= 4 is 5.82 Å². The maximum absolute atomic E-state index is 9.21. The van der Waals surface area contributed by atoms with Crippen molar-refractivity contribution in [3.05, 3.63) is 23.9 Å². The molecular weight excluding hydrogens is 200 g/mol. The first-order chi connectivity index (χ1) is 7.75. The number of hydrogen-bond donors (Lipinski definition) is 1. The number of aliphatic hydroxyl groups is 1. The molecule has 1 N–H and O–H groups in total. The first-order valence-electron chi connectivity index (χ1n) is 6.13. The van der Waals surface area contributed by atoms with E-state index < -0.39 is 0 Å². The van der Waals surface area contributed by atoms with Gasteiger partial charge in [0.1, 0.15) is 5.82 Å². The molecule has 0 radical (unpaired) electrons. The third-order valence-corrected chi connectivity index (χ3v) is 3.09. The monoisotopic (exact) mass is 220 g/mol. The maximum atomic E-state index is 9.21. The lowest BCUT2D eigenvalue weighted by atomic mass is 10.1. The predicted octanol–water partition coefficient (Wildman–Crippen LogP) is 2.00. The minimum atomic E-state index is -0.224. The number of rotatable bonds is 4. The molecule has 1 aliphatic heterocycles. The largest absolute Gasteiger partial charge is 0.393 e. The summed E-state index contributed by atoms with van der Waals surface area (Å²) in [6.07, 6.45) is 6.00. The Bertz CT molecular complexity index is 315. The fourth-order valence-corrected chi connectivity index (χ4v) is 2.07. The minimum Gasteiger partial charge on any atom is -0.393 e. The smallest absolute Gasteiger partial charge is 0.128 e. The van der Waals surface area contributed by atoms with Crippen LogP contribution < -0.4 is 4.90 Å². The van der Waals surface area contributed by atoms with E-state index in [-0.39, 0.29) is 6.10 Å². The van der Waals surface area contributed by atoms with E-state index in [0.717, 1.165) is 31.7 Å². The van der Waals surface area contributed by atoms with Gasteiger partial charge in [0.25, 0.3) is 0 Å². The van der Waals surface area contributed by atoms with Gasteiger partial charge >= 0.3 is 0 Å². The summed E-state index contributed by atoms with van der Waals surface area (Å²) in [4.78, 5) is 6.81. The number of anilines is 1. The Morgan fingerprint density at radius 3 is 2.69 bits per heavy atom. The molecule has 1 fully saturated rings. The lowest BCUT2D eigenvalue weighted by Gasteiger charge is -2.16. The molecule has 3 nitrogen and oxygen atoms in total. The van der Waals surface area contributed by atoms with Gasteiger partial charge in [0.15, 0.2) is 0 Å². The standard InChI is InChI=1S/C13H20N2O/c1-11(16)4-5-12-6-7-13(14-10-12)15-8-2-3-9-15/h6-7,10-11,16H,2-5,8-9H2,1H3/t11-/m0/s1. The van der Waals surface area contributed by atoms with Gasteiger partial charge < -0.3 is 10.0 Å². The molecule has 0 aromatic carbocycles. The topological polar surface area (TPSA) is 36.4 Å². The highest BCUT2D eigenvalue weighted by Crippen LogP contribution is 2.18. The molecule has 3 heteroatoms. The number of nitrogens with zero attached hydrogens (tertiary/aromatic N) is 2. The molecule has 1 saturated heterocycles. The van der Waals surface area contributed by atoms with Gasteiger partial charge in [-0.05, 0) is 44.2 Å². The highest BCUT2D eigenvalue weighted by atomic mass is 16.3. The van der Waals surface area contributed by atoms with E-state index in [1.165, 1.54) is 18.4 Å². The third-order valence-electron chi connectivity index (χ3n) is 3.09. The van der Waals surface area contributed by atoms with Crippen LogP contribution in [0.25, 0.3) is 0 Å². The zero-order valence-electron chi connectivity index (χ0n) is 9.89. The third kappa shape index (κ3) is 2.95. The van der Waals surface area contributed by atoms with Gasteiger partial charge in [-0.25, -0.2) is 4.98 Å². The second-order valence-corrected chi connectivity index (χ2v) is 4.61. The Morgan fingerprint density at radius 1 is 1.38 bits per heavy atom. The normalized spacial score (nSPS) is 17.8. The highest BCUT2D eigenvalue weighted by molar-refractivity contribution is 5.40. The van der Waals surface area contributed by atoms with Crippen molar-refractivity contribution in [2.45, 2.75) is 38.7 Å². The Morgan fingerprint density at radius 2 is 2.12 bits per heavy atom. The lowest BCUT2D eigenvalue weighted by molar-refractivity contribution is 0.185. The molecule has 0 amide bonds. The molecule has 2 rings (SSSR count). The van der Waals surface area contributed by atoms with Gasteiger partial charge in [0.2, 0.25) is 0 Å². The molecule has 1 atom stereocenters. The van der Waals surface area contributed by atoms with Crippen LogP contribution in [0.2, 0.25) is 0 Å². The van der Waals surface area contributed by atoms with E-state index in [1.807, 2.05) is 13.1 Å². The molecule has 88 valence electrons. The summed E-state index contributed by atoms with van der Waals surface area (Å²) >= 11 is 0. The average Bonchev–Trinajstić information content (AvgIpc) is 2.80. The SMILES string of the molecule is C[C@H](O)CCc1ccc(N2CCCC2)nc1. The van der Waals surface area contributed by atoms with E-state index in [1.54, 1.807) is 0 Å². The summed E-state index contributed by atoms with van der Waals surface area (Å²) in [5.41, 5.74) is 1.21. The molecule has 1 aromatic heterocycles. The van der Waals surface area contributed by atoms with E-state index in [2.05, 4.69) is 22.0 Å². The molecular formula is C13H20N2O. The van der Waals surface area contributed by atoms with Gasteiger partial charge in [-0.15, -0.1) is 0 Å². The Kier molecular flexibility index (Phi) is 3.78. The van der Waals surface area contributed by atoms with Gasteiger partial charge in [-0.2, -0.15) is 0 Å². The van der Waals surface area contributed by atoms with Crippen LogP contribution >= 0.6 is 0 Å². The molecule has 0 aliphatic carbocycles. The van der Waals surface area contributed by atoms with Crippen molar-refractivity contribution < 1.29 is 5.11 Å². The van der Waals surface area contributed by atoms with E-state index in [0.29, 0.717) is 0 Å². The van der Waals surface area contributed by atoms with Crippen LogP contribution in [0.5, 0.6) is 0 Å². The zero-order chi connectivity index (χ0) is 11.4. The van der Waals surface area contributed by atoms with Crippen molar-refractivity contribution in [3.63, 3.8) is 0 Å². The van der Waals surface area contributed by atoms with Gasteiger partial charge in [-0.1, -0.05) is 6.07 Å². The van der Waals surface area contributed by atoms with Crippen LogP contribution in [-0.2, 0) is 6.42 Å². The number of aromatic nitrogens is 1. The Labute approximate surface area is 97.1 Å². The molecule has 0 bridgehead atoms. The first-order valence-corrected chi connectivity index (χ1v) is 6.13. The van der Waals surface area contributed by atoms with Crippen LogP contribution in [-0.4, -0.2) is 29.3 Å². The second kappa shape index (κ2) is 5.30. The average molecular weight is 220 g/mol. The van der Waals surface area contributed by atoms with Crippen molar-refractivity contribution in [3.8, 4) is 0 Å². The second-order valence-electron chi connectivity index (χ2n) is 4.61. The molecule has 0 spiro atoms. The van der Waals surface area contributed by atoms with Crippen LogP contribution in [0.15, 0.2) is 18.3 Å². The molecule has 16 heavy (non-hydrogen) atoms. The van der Waals surface area contributed by atoms with Gasteiger partial charge in [-0.3, -0.25) is 0 Å². The summed E-state index contributed by atoms with van der Waals surface area (Å²) in [5, 5.41) is 9.21. The van der Waals surface area contributed by atoms with E-state index >= 15 is 0 Å². The fraction of sp³-hybridized carbons (Fsp3) is 0.615. The zero-order valence-corrected chi connectivity index (χ0v) is 9.89. The summed E-state index contributed by atoms with van der Waals surface area (Å²) in [7, 11) is 0. The lowest BCUT2D eigenvalue weighted by Crippen LogP contribution is -2.18. The molecule has 1 aliphatic rings. The summed E-state index contributed by atoms with van der Waals surface area (Å²) in [6, 6.07) is 4.23. The fourth-order valence-electron chi connectivity index (χ4n) is 2.07. The van der Waals surface area contributed by atoms with Crippen molar-refractivity contribution in [2.24, 2.45) is 0 Å². The highest BCUT2D eigenvalue weighted by Gasteiger charge is 2.12. The quantitative estimate of drug-likeness (QED) is 0.843. The van der Waals surface area contributed by atoms with E-state index in [9.17, 15) is 5.11 Å². The van der Waals surface area contributed by atoms with Gasteiger partial charge in [0.05, 0.1) is 6.10 Å². The number of aryl methyl sites for hydroxylation is 1. The van der Waals surface area contributed by atoms with Crippen LogP contribution in [0.1, 0.15) is 31.7 Å². The first kappa shape index (κ1) is 11.4. The summed E-state index contributed by atoms with van der Waals surface area (Å²) < 4.78 is 0. The predicted molar refractivity (Wildman–Crippen MR) is 65.7 cm³/mol. The molecule has 1 aromatic rings.